The molecule has 4 aromatic rings. The van der Waals surface area contributed by atoms with Gasteiger partial charge in [-0.05, 0) is 52.8 Å². The smallest absolute Gasteiger partial charge is 0.245 e. The van der Waals surface area contributed by atoms with Crippen LogP contribution in [0.3, 0.4) is 0 Å². The Bertz CT molecular complexity index is 1600. The second-order valence-corrected chi connectivity index (χ2v) is 11.1. The Morgan fingerprint density at radius 3 is 2.36 bits per heavy atom. The molecular weight excluding hydrogens is 538 g/mol. The van der Waals surface area contributed by atoms with Crippen LogP contribution in [0.5, 0.6) is 0 Å². The van der Waals surface area contributed by atoms with Crippen molar-refractivity contribution in [3.05, 3.63) is 107 Å². The van der Waals surface area contributed by atoms with Gasteiger partial charge < -0.3 is 20.5 Å². The normalized spacial score (nSPS) is 14.4. The van der Waals surface area contributed by atoms with Crippen molar-refractivity contribution in [2.45, 2.75) is 45.8 Å². The molecule has 7 nitrogen and oxygen atoms in total. The van der Waals surface area contributed by atoms with Gasteiger partial charge in [-0.15, -0.1) is 0 Å². The van der Waals surface area contributed by atoms with Crippen LogP contribution < -0.4 is 10.6 Å². The van der Waals surface area contributed by atoms with E-state index in [0.717, 1.165) is 40.2 Å². The third kappa shape index (κ3) is 6.51. The number of fused-ring (bicyclic) bond motifs is 2. The first-order chi connectivity index (χ1) is 20.2. The number of amides is 3. The van der Waals surface area contributed by atoms with Gasteiger partial charge in [0.1, 0.15) is 23.6 Å². The predicted molar refractivity (Wildman–Crippen MR) is 156 cm³/mol. The first-order valence-electron chi connectivity index (χ1n) is 14.1. The van der Waals surface area contributed by atoms with Gasteiger partial charge in [0, 0.05) is 49.2 Å². The van der Waals surface area contributed by atoms with Gasteiger partial charge in [0.25, 0.3) is 0 Å². The van der Waals surface area contributed by atoms with Gasteiger partial charge in [-0.25, -0.2) is 8.78 Å². The minimum atomic E-state index is -1.12. The van der Waals surface area contributed by atoms with E-state index in [9.17, 15) is 23.2 Å². The second kappa shape index (κ2) is 12.5. The number of benzene rings is 3. The van der Waals surface area contributed by atoms with E-state index in [1.807, 2.05) is 48.7 Å². The largest absolute Gasteiger partial charge is 0.361 e. The Kier molecular flexibility index (Phi) is 8.66. The number of carbonyl (C=O) groups is 3. The summed E-state index contributed by atoms with van der Waals surface area (Å²) in [7, 11) is 0. The fraction of sp³-hybridized carbons (Fsp3) is 0.303. The fourth-order valence-electron chi connectivity index (χ4n) is 5.62. The van der Waals surface area contributed by atoms with E-state index in [-0.39, 0.29) is 24.4 Å². The summed E-state index contributed by atoms with van der Waals surface area (Å²) in [6.07, 6.45) is 2.79. The molecule has 3 aromatic carbocycles. The lowest BCUT2D eigenvalue weighted by Crippen LogP contribution is -2.54. The number of nitrogens with zero attached hydrogens (tertiary/aromatic N) is 1. The van der Waals surface area contributed by atoms with Gasteiger partial charge in [0.2, 0.25) is 17.7 Å². The van der Waals surface area contributed by atoms with E-state index >= 15 is 0 Å². The summed E-state index contributed by atoms with van der Waals surface area (Å²) in [6, 6.07) is 17.8. The molecule has 0 spiro atoms. The third-order valence-corrected chi connectivity index (χ3v) is 7.78. The first kappa shape index (κ1) is 29.0. The molecule has 2 atom stereocenters. The average molecular weight is 573 g/mol. The number of nitrogens with one attached hydrogen (secondary N) is 3. The van der Waals surface area contributed by atoms with Crippen LogP contribution >= 0.6 is 0 Å². The molecule has 1 aliphatic heterocycles. The summed E-state index contributed by atoms with van der Waals surface area (Å²) in [6.45, 7) is 4.30. The van der Waals surface area contributed by atoms with Gasteiger partial charge in [0.05, 0.1) is 0 Å². The topological polar surface area (TPSA) is 94.3 Å². The molecule has 218 valence electrons. The van der Waals surface area contributed by atoms with E-state index in [4.69, 9.17) is 0 Å². The van der Waals surface area contributed by atoms with Crippen LogP contribution in [0.4, 0.5) is 8.78 Å². The third-order valence-electron chi connectivity index (χ3n) is 7.78. The Hall–Kier alpha value is -4.53. The van der Waals surface area contributed by atoms with Crippen molar-refractivity contribution in [3.63, 3.8) is 0 Å². The molecule has 2 heterocycles. The molecule has 0 aliphatic carbocycles. The average Bonchev–Trinajstić information content (AvgIpc) is 3.37. The van der Waals surface area contributed by atoms with Crippen LogP contribution in [0.1, 0.15) is 36.1 Å². The minimum Gasteiger partial charge on any atom is -0.361 e. The van der Waals surface area contributed by atoms with E-state index in [2.05, 4.69) is 21.7 Å². The molecule has 42 heavy (non-hydrogen) atoms. The SMILES string of the molecule is CC(C)C(C(=O)NCc1cc(F)cc(F)c1)C(=O)NC(Cc1c[nH]c2ccccc12)C(=O)N1CCc2ccccc2C1. The Morgan fingerprint density at radius 1 is 0.929 bits per heavy atom. The van der Waals surface area contributed by atoms with Gasteiger partial charge in [-0.2, -0.15) is 0 Å². The number of H-pyrrole nitrogens is 1. The molecule has 0 saturated heterocycles. The zero-order valence-electron chi connectivity index (χ0n) is 23.6. The molecule has 2 unspecified atom stereocenters. The fourth-order valence-corrected chi connectivity index (χ4v) is 5.62. The molecule has 1 aliphatic rings. The van der Waals surface area contributed by atoms with E-state index in [1.165, 1.54) is 5.56 Å². The highest BCUT2D eigenvalue weighted by Gasteiger charge is 2.35. The van der Waals surface area contributed by atoms with Crippen molar-refractivity contribution in [1.29, 1.82) is 0 Å². The van der Waals surface area contributed by atoms with Crippen LogP contribution in [0.15, 0.2) is 72.9 Å². The summed E-state index contributed by atoms with van der Waals surface area (Å²) in [4.78, 5) is 45.8. The summed E-state index contributed by atoms with van der Waals surface area (Å²) >= 11 is 0. The summed E-state index contributed by atoms with van der Waals surface area (Å²) < 4.78 is 27.2. The monoisotopic (exact) mass is 572 g/mol. The standard InChI is InChI=1S/C33H34F2N4O3/c1-20(2)30(31(40)37-17-21-13-25(34)16-26(35)14-21)32(41)38-29(15-24-18-36-28-10-6-5-9-27(24)28)33(42)39-12-11-22-7-3-4-8-23(22)19-39/h3-10,13-14,16,18,20,29-30,36H,11-12,15,17,19H2,1-2H3,(H,37,40)(H,38,41). The molecule has 9 heteroatoms. The number of para-hydroxylation sites is 1. The lowest BCUT2D eigenvalue weighted by atomic mass is 9.92. The molecule has 3 N–H and O–H groups in total. The molecule has 3 amide bonds. The summed E-state index contributed by atoms with van der Waals surface area (Å²) in [5.74, 6) is -4.42. The van der Waals surface area contributed by atoms with E-state index < -0.39 is 41.3 Å². The Labute approximate surface area is 243 Å². The number of aromatic nitrogens is 1. The van der Waals surface area contributed by atoms with Gasteiger partial charge in [-0.3, -0.25) is 14.4 Å². The summed E-state index contributed by atoms with van der Waals surface area (Å²) in [5, 5.41) is 6.48. The van der Waals surface area contributed by atoms with Gasteiger partial charge >= 0.3 is 0 Å². The maximum Gasteiger partial charge on any atom is 0.245 e. The second-order valence-electron chi connectivity index (χ2n) is 11.1. The van der Waals surface area contributed by atoms with E-state index in [1.54, 1.807) is 18.7 Å². The highest BCUT2D eigenvalue weighted by molar-refractivity contribution is 6.02. The zero-order valence-corrected chi connectivity index (χ0v) is 23.6. The molecule has 0 fully saturated rings. The number of carbonyl (C=O) groups excluding carboxylic acids is 3. The predicted octanol–water partition coefficient (Wildman–Crippen LogP) is 4.65. The number of rotatable bonds is 9. The maximum absolute atomic E-state index is 14.0. The number of aromatic amines is 1. The number of hydrogen-bond acceptors (Lipinski definition) is 3. The van der Waals surface area contributed by atoms with Crippen molar-refractivity contribution in [1.82, 2.24) is 20.5 Å². The van der Waals surface area contributed by atoms with E-state index in [0.29, 0.717) is 19.5 Å². The molecular formula is C33H34F2N4O3. The lowest BCUT2D eigenvalue weighted by molar-refractivity contribution is -0.142. The number of halogens is 2. The Balaban J connectivity index is 1.36. The molecule has 0 radical (unpaired) electrons. The highest BCUT2D eigenvalue weighted by Crippen LogP contribution is 2.23. The molecule has 1 aromatic heterocycles. The zero-order chi connectivity index (χ0) is 29.8. The van der Waals surface area contributed by atoms with Crippen LogP contribution in [0, 0.1) is 23.5 Å². The van der Waals surface area contributed by atoms with Crippen molar-refractivity contribution in [2.24, 2.45) is 11.8 Å². The van der Waals surface area contributed by atoms with Crippen LogP contribution in [0.25, 0.3) is 10.9 Å². The van der Waals surface area contributed by atoms with Crippen molar-refractivity contribution < 1.29 is 23.2 Å². The maximum atomic E-state index is 14.0. The van der Waals surface area contributed by atoms with Gasteiger partial charge in [0.15, 0.2) is 0 Å². The van der Waals surface area contributed by atoms with Gasteiger partial charge in [-0.1, -0.05) is 56.3 Å². The van der Waals surface area contributed by atoms with Crippen LogP contribution in [-0.4, -0.2) is 40.2 Å². The molecule has 0 saturated carbocycles. The van der Waals surface area contributed by atoms with Crippen molar-refractivity contribution >= 4 is 28.6 Å². The van der Waals surface area contributed by atoms with Crippen molar-refractivity contribution in [2.75, 3.05) is 6.54 Å². The highest BCUT2D eigenvalue weighted by atomic mass is 19.1. The minimum absolute atomic E-state index is 0.144. The van der Waals surface area contributed by atoms with Crippen LogP contribution in [-0.2, 0) is 40.3 Å². The Morgan fingerprint density at radius 2 is 1.62 bits per heavy atom. The summed E-state index contributed by atoms with van der Waals surface area (Å²) in [5.41, 5.74) is 4.31. The van der Waals surface area contributed by atoms with Crippen molar-refractivity contribution in [3.8, 4) is 0 Å². The lowest BCUT2D eigenvalue weighted by Gasteiger charge is -2.33. The molecule has 0 bridgehead atoms. The number of hydrogen-bond donors (Lipinski definition) is 3. The van der Waals surface area contributed by atoms with Crippen LogP contribution in [0.2, 0.25) is 0 Å². The first-order valence-corrected chi connectivity index (χ1v) is 14.1. The molecule has 5 rings (SSSR count). The quantitative estimate of drug-likeness (QED) is 0.255.